The average molecular weight is 345 g/mol. The van der Waals surface area contributed by atoms with Crippen molar-refractivity contribution < 1.29 is 23.5 Å². The first kappa shape index (κ1) is 18.1. The second-order valence-electron chi connectivity index (χ2n) is 5.16. The van der Waals surface area contributed by atoms with Gasteiger partial charge in [-0.2, -0.15) is 0 Å². The minimum atomic E-state index is -0.572. The number of carbonyl (C=O) groups excluding carboxylic acids is 3. The normalized spacial score (nSPS) is 10.0. The van der Waals surface area contributed by atoms with Crippen LogP contribution < -0.4 is 16.2 Å². The van der Waals surface area contributed by atoms with Crippen molar-refractivity contribution in [3.63, 3.8) is 0 Å². The molecule has 0 fully saturated rings. The lowest BCUT2D eigenvalue weighted by Crippen LogP contribution is -2.41. The highest BCUT2D eigenvalue weighted by atomic mass is 16.5. The SMILES string of the molecule is CCOC(=O)Nc1ccc(C(=O)NNC(=O)c2cc(C)oc2C)cc1. The first-order valence-electron chi connectivity index (χ1n) is 7.62. The number of benzene rings is 1. The summed E-state index contributed by atoms with van der Waals surface area (Å²) in [6.07, 6.45) is -0.572. The molecule has 0 radical (unpaired) electrons. The molecule has 8 heteroatoms. The molecule has 132 valence electrons. The first-order chi connectivity index (χ1) is 11.9. The molecule has 3 N–H and O–H groups in total. The van der Waals surface area contributed by atoms with E-state index in [0.717, 1.165) is 0 Å². The Balaban J connectivity index is 1.91. The molecule has 8 nitrogen and oxygen atoms in total. The number of ether oxygens (including phenoxy) is 1. The Bertz CT molecular complexity index is 780. The Morgan fingerprint density at radius 2 is 1.68 bits per heavy atom. The smallest absolute Gasteiger partial charge is 0.411 e. The van der Waals surface area contributed by atoms with Crippen LogP contribution in [0, 0.1) is 13.8 Å². The zero-order chi connectivity index (χ0) is 18.4. The van der Waals surface area contributed by atoms with E-state index in [2.05, 4.69) is 16.2 Å². The van der Waals surface area contributed by atoms with Gasteiger partial charge in [0.25, 0.3) is 11.8 Å². The average Bonchev–Trinajstić information content (AvgIpc) is 2.91. The van der Waals surface area contributed by atoms with E-state index in [1.54, 1.807) is 39.0 Å². The van der Waals surface area contributed by atoms with Crippen LogP contribution in [-0.4, -0.2) is 24.5 Å². The predicted octanol–water partition coefficient (Wildman–Crippen LogP) is 2.54. The largest absolute Gasteiger partial charge is 0.466 e. The van der Waals surface area contributed by atoms with E-state index in [1.807, 2.05) is 0 Å². The molecule has 0 saturated carbocycles. The second kappa shape index (κ2) is 8.00. The molecule has 1 aromatic carbocycles. The third-order valence-electron chi connectivity index (χ3n) is 3.24. The number of amides is 3. The van der Waals surface area contributed by atoms with Gasteiger partial charge in [-0.05, 0) is 51.1 Å². The molecule has 0 unspecified atom stereocenters. The Morgan fingerprint density at radius 3 is 2.24 bits per heavy atom. The van der Waals surface area contributed by atoms with Crippen LogP contribution in [-0.2, 0) is 4.74 Å². The molecular formula is C17H19N3O5. The summed E-state index contributed by atoms with van der Waals surface area (Å²) < 4.78 is 10.0. The molecule has 1 aromatic heterocycles. The van der Waals surface area contributed by atoms with Crippen molar-refractivity contribution in [3.8, 4) is 0 Å². The van der Waals surface area contributed by atoms with Crippen molar-refractivity contribution in [1.29, 1.82) is 0 Å². The summed E-state index contributed by atoms with van der Waals surface area (Å²) in [6.45, 7) is 5.36. The first-order valence-corrected chi connectivity index (χ1v) is 7.62. The summed E-state index contributed by atoms with van der Waals surface area (Å²) in [4.78, 5) is 35.4. The Hall–Kier alpha value is -3.29. The summed E-state index contributed by atoms with van der Waals surface area (Å²) in [6, 6.07) is 7.72. The zero-order valence-corrected chi connectivity index (χ0v) is 14.1. The van der Waals surface area contributed by atoms with E-state index in [4.69, 9.17) is 9.15 Å². The van der Waals surface area contributed by atoms with Crippen LogP contribution in [0.2, 0.25) is 0 Å². The standard InChI is InChI=1S/C17H19N3O5/c1-4-24-17(23)18-13-7-5-12(6-8-13)15(21)19-20-16(22)14-9-10(2)25-11(14)3/h5-9H,4H2,1-3H3,(H,18,23)(H,19,21)(H,20,22). The van der Waals surface area contributed by atoms with Gasteiger partial charge in [0.2, 0.25) is 0 Å². The molecule has 2 rings (SSSR count). The van der Waals surface area contributed by atoms with E-state index in [0.29, 0.717) is 28.3 Å². The third kappa shape index (κ3) is 4.84. The Labute approximate surface area is 144 Å². The van der Waals surface area contributed by atoms with Gasteiger partial charge in [0.05, 0.1) is 12.2 Å². The predicted molar refractivity (Wildman–Crippen MR) is 90.2 cm³/mol. The fourth-order valence-electron chi connectivity index (χ4n) is 2.10. The maximum Gasteiger partial charge on any atom is 0.411 e. The summed E-state index contributed by atoms with van der Waals surface area (Å²) in [5.74, 6) is 0.120. The van der Waals surface area contributed by atoms with E-state index in [9.17, 15) is 14.4 Å². The molecule has 1 heterocycles. The summed E-state index contributed by atoms with van der Waals surface area (Å²) >= 11 is 0. The van der Waals surface area contributed by atoms with E-state index in [-0.39, 0.29) is 6.61 Å². The van der Waals surface area contributed by atoms with Crippen LogP contribution in [0.25, 0.3) is 0 Å². The minimum absolute atomic E-state index is 0.266. The van der Waals surface area contributed by atoms with Crippen LogP contribution >= 0.6 is 0 Å². The van der Waals surface area contributed by atoms with Crippen molar-refractivity contribution in [2.75, 3.05) is 11.9 Å². The van der Waals surface area contributed by atoms with Crippen LogP contribution in [0.4, 0.5) is 10.5 Å². The highest BCUT2D eigenvalue weighted by Gasteiger charge is 2.14. The summed E-state index contributed by atoms with van der Waals surface area (Å²) in [5.41, 5.74) is 5.81. The third-order valence-corrected chi connectivity index (χ3v) is 3.24. The lowest BCUT2D eigenvalue weighted by atomic mass is 10.2. The van der Waals surface area contributed by atoms with Gasteiger partial charge in [0.1, 0.15) is 11.5 Å². The molecule has 3 amide bonds. The van der Waals surface area contributed by atoms with Crippen molar-refractivity contribution in [2.45, 2.75) is 20.8 Å². The lowest BCUT2D eigenvalue weighted by molar-refractivity contribution is 0.0845. The Morgan fingerprint density at radius 1 is 1.04 bits per heavy atom. The summed E-state index contributed by atoms with van der Waals surface area (Å²) in [7, 11) is 0. The minimum Gasteiger partial charge on any atom is -0.466 e. The van der Waals surface area contributed by atoms with Crippen molar-refractivity contribution >= 4 is 23.6 Å². The molecule has 0 atom stereocenters. The number of hydrogen-bond acceptors (Lipinski definition) is 5. The molecular weight excluding hydrogens is 326 g/mol. The van der Waals surface area contributed by atoms with Crippen LogP contribution in [0.5, 0.6) is 0 Å². The monoisotopic (exact) mass is 345 g/mol. The molecule has 0 bridgehead atoms. The van der Waals surface area contributed by atoms with Gasteiger partial charge >= 0.3 is 6.09 Å². The summed E-state index contributed by atoms with van der Waals surface area (Å²) in [5, 5.41) is 2.52. The maximum absolute atomic E-state index is 12.0. The van der Waals surface area contributed by atoms with E-state index < -0.39 is 17.9 Å². The number of hydrazine groups is 1. The molecule has 2 aromatic rings. The van der Waals surface area contributed by atoms with Gasteiger partial charge in [0.15, 0.2) is 0 Å². The second-order valence-corrected chi connectivity index (χ2v) is 5.16. The van der Waals surface area contributed by atoms with Gasteiger partial charge in [0, 0.05) is 11.3 Å². The number of nitrogens with one attached hydrogen (secondary N) is 3. The van der Waals surface area contributed by atoms with E-state index in [1.165, 1.54) is 12.1 Å². The van der Waals surface area contributed by atoms with Crippen LogP contribution in [0.1, 0.15) is 39.2 Å². The highest BCUT2D eigenvalue weighted by Crippen LogP contribution is 2.13. The highest BCUT2D eigenvalue weighted by molar-refractivity contribution is 5.99. The van der Waals surface area contributed by atoms with Crippen molar-refractivity contribution in [1.82, 2.24) is 10.9 Å². The van der Waals surface area contributed by atoms with Gasteiger partial charge < -0.3 is 9.15 Å². The van der Waals surface area contributed by atoms with Gasteiger partial charge in [-0.25, -0.2) is 4.79 Å². The maximum atomic E-state index is 12.0. The van der Waals surface area contributed by atoms with E-state index >= 15 is 0 Å². The number of hydrogen-bond donors (Lipinski definition) is 3. The molecule has 0 aliphatic carbocycles. The fraction of sp³-hybridized carbons (Fsp3) is 0.235. The number of anilines is 1. The topological polar surface area (TPSA) is 110 Å². The molecule has 0 aliphatic heterocycles. The molecule has 0 spiro atoms. The molecule has 0 aliphatic rings. The lowest BCUT2D eigenvalue weighted by Gasteiger charge is -2.08. The van der Waals surface area contributed by atoms with Crippen LogP contribution in [0.15, 0.2) is 34.7 Å². The van der Waals surface area contributed by atoms with Crippen molar-refractivity contribution in [3.05, 3.63) is 53.0 Å². The number of aryl methyl sites for hydroxylation is 2. The van der Waals surface area contributed by atoms with Gasteiger partial charge in [-0.15, -0.1) is 0 Å². The van der Waals surface area contributed by atoms with Gasteiger partial charge in [-0.3, -0.25) is 25.8 Å². The van der Waals surface area contributed by atoms with Crippen LogP contribution in [0.3, 0.4) is 0 Å². The Kier molecular flexibility index (Phi) is 5.78. The zero-order valence-electron chi connectivity index (χ0n) is 14.1. The number of rotatable bonds is 4. The van der Waals surface area contributed by atoms with Crippen molar-refractivity contribution in [2.24, 2.45) is 0 Å². The fourth-order valence-corrected chi connectivity index (χ4v) is 2.10. The quantitative estimate of drug-likeness (QED) is 0.738. The number of furan rings is 1. The number of carbonyl (C=O) groups is 3. The molecule has 0 saturated heterocycles. The van der Waals surface area contributed by atoms with Gasteiger partial charge in [-0.1, -0.05) is 0 Å². The molecule has 25 heavy (non-hydrogen) atoms.